The van der Waals surface area contributed by atoms with Gasteiger partial charge in [0.1, 0.15) is 11.6 Å². The number of rotatable bonds is 3. The van der Waals surface area contributed by atoms with E-state index in [2.05, 4.69) is 9.72 Å². The van der Waals surface area contributed by atoms with Gasteiger partial charge < -0.3 is 9.72 Å². The molecule has 0 saturated heterocycles. The van der Waals surface area contributed by atoms with Crippen LogP contribution in [0.3, 0.4) is 0 Å². The number of carbonyl (C=O) groups excluding carboxylic acids is 1. The molecule has 0 radical (unpaired) electrons. The number of methoxy groups -OCH3 is 1. The second-order valence-corrected chi connectivity index (χ2v) is 3.11. The van der Waals surface area contributed by atoms with E-state index in [0.29, 0.717) is 6.07 Å². The Morgan fingerprint density at radius 3 is 2.76 bits per heavy atom. The zero-order valence-corrected chi connectivity index (χ0v) is 8.79. The Kier molecular flexibility index (Phi) is 3.93. The predicted molar refractivity (Wildman–Crippen MR) is 52.5 cm³/mol. The third-order valence-corrected chi connectivity index (χ3v) is 2.03. The molecule has 5 nitrogen and oxygen atoms in total. The van der Waals surface area contributed by atoms with Gasteiger partial charge in [0.25, 0.3) is 6.43 Å². The van der Waals surface area contributed by atoms with Gasteiger partial charge in [0, 0.05) is 11.8 Å². The highest BCUT2D eigenvalue weighted by atomic mass is 19.3. The summed E-state index contributed by atoms with van der Waals surface area (Å²) in [4.78, 5) is 24.5. The number of H-pyrrole nitrogens is 1. The third-order valence-electron chi connectivity index (χ3n) is 2.03. The van der Waals surface area contributed by atoms with Crippen LogP contribution in [-0.2, 0) is 16.0 Å². The Morgan fingerprint density at radius 1 is 1.65 bits per heavy atom. The maximum Gasteiger partial charge on any atom is 0.311 e. The molecule has 0 bridgehead atoms. The van der Waals surface area contributed by atoms with Gasteiger partial charge in [-0.05, 0) is 0 Å². The predicted octanol–water partition coefficient (Wildman–Crippen LogP) is 0.900. The Morgan fingerprint density at radius 2 is 2.29 bits per heavy atom. The molecule has 0 saturated carbocycles. The number of aromatic nitrogens is 1. The van der Waals surface area contributed by atoms with Crippen molar-refractivity contribution in [1.29, 1.82) is 5.26 Å². The largest absolute Gasteiger partial charge is 0.469 e. The van der Waals surface area contributed by atoms with Crippen LogP contribution in [0.2, 0.25) is 0 Å². The molecule has 0 aromatic carbocycles. The highest BCUT2D eigenvalue weighted by Crippen LogP contribution is 2.16. The molecule has 7 heteroatoms. The van der Waals surface area contributed by atoms with Crippen molar-refractivity contribution in [3.8, 4) is 6.07 Å². The quantitative estimate of drug-likeness (QED) is 0.798. The van der Waals surface area contributed by atoms with Crippen LogP contribution in [0.4, 0.5) is 8.78 Å². The fraction of sp³-hybridized carbons (Fsp3) is 0.300. The van der Waals surface area contributed by atoms with Crippen molar-refractivity contribution in [2.75, 3.05) is 7.11 Å². The molecule has 1 aromatic heterocycles. The normalized spacial score (nSPS) is 10.1. The first-order chi connectivity index (χ1) is 7.99. The fourth-order valence-electron chi connectivity index (χ4n) is 1.22. The van der Waals surface area contributed by atoms with Crippen LogP contribution < -0.4 is 5.43 Å². The first-order valence-electron chi connectivity index (χ1n) is 4.50. The molecule has 1 rings (SSSR count). The molecule has 0 fully saturated rings. The SMILES string of the molecule is COC(=O)Cc1[nH]c(C(F)F)cc(=O)c1C#N. The number of halogens is 2. The van der Waals surface area contributed by atoms with Crippen LogP contribution in [0.25, 0.3) is 0 Å². The molecular formula is C10H8F2N2O3. The molecule has 1 heterocycles. The maximum absolute atomic E-state index is 12.4. The molecule has 17 heavy (non-hydrogen) atoms. The summed E-state index contributed by atoms with van der Waals surface area (Å²) in [5.41, 5.74) is -2.00. The van der Waals surface area contributed by atoms with Crippen LogP contribution >= 0.6 is 0 Å². The third kappa shape index (κ3) is 2.87. The number of carbonyl (C=O) groups is 1. The standard InChI is InChI=1S/C10H8F2N2O3/c1-17-9(16)3-6-5(4-13)8(15)2-7(14-6)10(11)12/h2,10H,3H2,1H3,(H,14,15). The molecule has 0 aliphatic heterocycles. The van der Waals surface area contributed by atoms with Gasteiger partial charge >= 0.3 is 5.97 Å². The van der Waals surface area contributed by atoms with Crippen molar-refractivity contribution in [3.63, 3.8) is 0 Å². The van der Waals surface area contributed by atoms with Gasteiger partial charge in [0.05, 0.1) is 19.2 Å². The van der Waals surface area contributed by atoms with E-state index in [-0.39, 0.29) is 11.3 Å². The summed E-state index contributed by atoms with van der Waals surface area (Å²) in [7, 11) is 1.11. The molecule has 90 valence electrons. The van der Waals surface area contributed by atoms with Crippen LogP contribution in [0.15, 0.2) is 10.9 Å². The lowest BCUT2D eigenvalue weighted by molar-refractivity contribution is -0.139. The topological polar surface area (TPSA) is 83.0 Å². The van der Waals surface area contributed by atoms with Crippen LogP contribution in [0, 0.1) is 11.3 Å². The number of esters is 1. The lowest BCUT2D eigenvalue weighted by Crippen LogP contribution is -2.17. The number of alkyl halides is 2. The Labute approximate surface area is 94.6 Å². The summed E-state index contributed by atoms with van der Waals surface area (Å²) in [6.45, 7) is 0. The van der Waals surface area contributed by atoms with E-state index in [1.807, 2.05) is 0 Å². The number of pyridine rings is 1. The van der Waals surface area contributed by atoms with Crippen molar-refractivity contribution < 1.29 is 18.3 Å². The maximum atomic E-state index is 12.4. The number of aromatic amines is 1. The highest BCUT2D eigenvalue weighted by Gasteiger charge is 2.17. The van der Waals surface area contributed by atoms with E-state index < -0.39 is 29.9 Å². The summed E-state index contributed by atoms with van der Waals surface area (Å²) < 4.78 is 29.2. The highest BCUT2D eigenvalue weighted by molar-refractivity contribution is 5.72. The zero-order chi connectivity index (χ0) is 13.0. The van der Waals surface area contributed by atoms with Crippen LogP contribution in [-0.4, -0.2) is 18.1 Å². The van der Waals surface area contributed by atoms with Gasteiger partial charge in [0.2, 0.25) is 0 Å². The Hall–Kier alpha value is -2.23. The number of hydrogen-bond donors (Lipinski definition) is 1. The summed E-state index contributed by atoms with van der Waals surface area (Å²) in [5, 5.41) is 8.70. The molecule has 1 N–H and O–H groups in total. The average Bonchev–Trinajstić information content (AvgIpc) is 2.28. The first kappa shape index (κ1) is 12.8. The van der Waals surface area contributed by atoms with Gasteiger partial charge in [-0.2, -0.15) is 5.26 Å². The van der Waals surface area contributed by atoms with E-state index in [0.717, 1.165) is 7.11 Å². The van der Waals surface area contributed by atoms with Crippen molar-refractivity contribution in [3.05, 3.63) is 33.2 Å². The summed E-state index contributed by atoms with van der Waals surface area (Å²) >= 11 is 0. The summed E-state index contributed by atoms with van der Waals surface area (Å²) in [6, 6.07) is 2.21. The molecular weight excluding hydrogens is 234 g/mol. The van der Waals surface area contributed by atoms with Crippen LogP contribution in [0.1, 0.15) is 23.4 Å². The first-order valence-corrected chi connectivity index (χ1v) is 4.50. The Bertz CT molecular complexity index is 531. The molecule has 0 aliphatic rings. The fourth-order valence-corrected chi connectivity index (χ4v) is 1.22. The second-order valence-electron chi connectivity index (χ2n) is 3.11. The number of ether oxygens (including phenoxy) is 1. The molecule has 0 spiro atoms. The number of nitrogens with one attached hydrogen (secondary N) is 1. The summed E-state index contributed by atoms with van der Waals surface area (Å²) in [6.07, 6.45) is -3.32. The lowest BCUT2D eigenvalue weighted by Gasteiger charge is -2.06. The number of nitrogens with zero attached hydrogens (tertiary/aromatic N) is 1. The van der Waals surface area contributed by atoms with Crippen molar-refractivity contribution in [1.82, 2.24) is 4.98 Å². The lowest BCUT2D eigenvalue weighted by atomic mass is 10.1. The molecule has 0 atom stereocenters. The molecule has 1 aromatic rings. The minimum atomic E-state index is -2.88. The van der Waals surface area contributed by atoms with Gasteiger partial charge in [-0.3, -0.25) is 9.59 Å². The van der Waals surface area contributed by atoms with Crippen molar-refractivity contribution in [2.24, 2.45) is 0 Å². The summed E-state index contributed by atoms with van der Waals surface area (Å²) in [5.74, 6) is -0.733. The number of nitriles is 1. The number of hydrogen-bond acceptors (Lipinski definition) is 4. The van der Waals surface area contributed by atoms with E-state index in [1.54, 1.807) is 6.07 Å². The zero-order valence-electron chi connectivity index (χ0n) is 8.79. The molecule has 0 unspecified atom stereocenters. The van der Waals surface area contributed by atoms with Crippen molar-refractivity contribution in [2.45, 2.75) is 12.8 Å². The molecule has 0 aliphatic carbocycles. The van der Waals surface area contributed by atoms with E-state index in [9.17, 15) is 18.4 Å². The van der Waals surface area contributed by atoms with Gasteiger partial charge in [-0.1, -0.05) is 0 Å². The van der Waals surface area contributed by atoms with Crippen molar-refractivity contribution >= 4 is 5.97 Å². The smallest absolute Gasteiger partial charge is 0.311 e. The monoisotopic (exact) mass is 242 g/mol. The average molecular weight is 242 g/mol. The van der Waals surface area contributed by atoms with E-state index >= 15 is 0 Å². The van der Waals surface area contributed by atoms with Gasteiger partial charge in [-0.15, -0.1) is 0 Å². The van der Waals surface area contributed by atoms with E-state index in [1.165, 1.54) is 0 Å². The Balaban J connectivity index is 3.30. The van der Waals surface area contributed by atoms with Crippen LogP contribution in [0.5, 0.6) is 0 Å². The van der Waals surface area contributed by atoms with Gasteiger partial charge in [-0.25, -0.2) is 8.78 Å². The van der Waals surface area contributed by atoms with E-state index in [4.69, 9.17) is 5.26 Å². The second kappa shape index (κ2) is 5.21. The molecule has 0 amide bonds. The minimum Gasteiger partial charge on any atom is -0.469 e. The minimum absolute atomic E-state index is 0.165. The van der Waals surface area contributed by atoms with Gasteiger partial charge in [0.15, 0.2) is 5.43 Å².